The molecule has 4 heteroatoms. The largest absolute Gasteiger partial charge is 0.445 e. The summed E-state index contributed by atoms with van der Waals surface area (Å²) in [5.74, 6) is 2.24. The molecule has 102 valence electrons. The predicted molar refractivity (Wildman–Crippen MR) is 70.7 cm³/mol. The molecule has 1 saturated heterocycles. The molecule has 1 fully saturated rings. The molecule has 1 aromatic rings. The van der Waals surface area contributed by atoms with Gasteiger partial charge in [-0.3, -0.25) is 0 Å². The molecule has 0 saturated carbocycles. The van der Waals surface area contributed by atoms with Gasteiger partial charge in [0.05, 0.1) is 12.3 Å². The lowest BCUT2D eigenvalue weighted by Crippen LogP contribution is -2.23. The van der Waals surface area contributed by atoms with Crippen LogP contribution in [0.15, 0.2) is 10.6 Å². The van der Waals surface area contributed by atoms with Gasteiger partial charge in [-0.05, 0) is 26.3 Å². The Balaban J connectivity index is 1.79. The van der Waals surface area contributed by atoms with Crippen LogP contribution >= 0.6 is 0 Å². The van der Waals surface area contributed by atoms with E-state index in [0.29, 0.717) is 12.0 Å². The highest BCUT2D eigenvalue weighted by molar-refractivity contribution is 5.06. The number of hydrogen-bond donors (Lipinski definition) is 1. The Hall–Kier alpha value is -0.870. The lowest BCUT2D eigenvalue weighted by atomic mass is 10.0. The Bertz CT molecular complexity index is 362. The summed E-state index contributed by atoms with van der Waals surface area (Å²) in [5.41, 5.74) is 0. The molecule has 1 aliphatic heterocycles. The van der Waals surface area contributed by atoms with Crippen molar-refractivity contribution >= 4 is 0 Å². The fourth-order valence-corrected chi connectivity index (χ4v) is 2.35. The van der Waals surface area contributed by atoms with Crippen LogP contribution in [-0.4, -0.2) is 30.3 Å². The molecule has 0 bridgehead atoms. The smallest absolute Gasteiger partial charge is 0.194 e. The van der Waals surface area contributed by atoms with Crippen LogP contribution in [0, 0.1) is 0 Å². The predicted octanol–water partition coefficient (Wildman–Crippen LogP) is 2.50. The number of nitrogens with one attached hydrogen (secondary N) is 1. The fraction of sp³-hybridized carbons (Fsp3) is 0.786. The Morgan fingerprint density at radius 2 is 2.33 bits per heavy atom. The van der Waals surface area contributed by atoms with Crippen molar-refractivity contribution < 1.29 is 9.15 Å². The Labute approximate surface area is 109 Å². The lowest BCUT2D eigenvalue weighted by molar-refractivity contribution is 0.115. The molecule has 2 heterocycles. The van der Waals surface area contributed by atoms with Gasteiger partial charge in [0, 0.05) is 25.0 Å². The van der Waals surface area contributed by atoms with Gasteiger partial charge in [-0.2, -0.15) is 0 Å². The number of oxazole rings is 1. The van der Waals surface area contributed by atoms with Crippen molar-refractivity contribution in [3.8, 4) is 0 Å². The Morgan fingerprint density at radius 1 is 1.50 bits per heavy atom. The van der Waals surface area contributed by atoms with E-state index in [0.717, 1.165) is 44.1 Å². The summed E-state index contributed by atoms with van der Waals surface area (Å²) in [6.07, 6.45) is 5.15. The second kappa shape index (κ2) is 6.34. The first-order valence-corrected chi connectivity index (χ1v) is 6.96. The highest BCUT2D eigenvalue weighted by atomic mass is 16.5. The van der Waals surface area contributed by atoms with Gasteiger partial charge in [0.25, 0.3) is 0 Å². The van der Waals surface area contributed by atoms with Crippen LogP contribution in [0.2, 0.25) is 0 Å². The van der Waals surface area contributed by atoms with Crippen molar-refractivity contribution in [2.24, 2.45) is 0 Å². The third-order valence-electron chi connectivity index (χ3n) is 3.43. The van der Waals surface area contributed by atoms with Gasteiger partial charge in [0.2, 0.25) is 0 Å². The monoisotopic (exact) mass is 252 g/mol. The molecule has 2 unspecified atom stereocenters. The molecule has 2 atom stereocenters. The van der Waals surface area contributed by atoms with E-state index < -0.39 is 0 Å². The van der Waals surface area contributed by atoms with E-state index in [1.807, 2.05) is 6.20 Å². The Morgan fingerprint density at radius 3 is 3.00 bits per heavy atom. The molecule has 1 N–H and O–H groups in total. The quantitative estimate of drug-likeness (QED) is 0.790. The number of aromatic nitrogens is 1. The van der Waals surface area contributed by atoms with E-state index >= 15 is 0 Å². The van der Waals surface area contributed by atoms with Gasteiger partial charge in [-0.25, -0.2) is 4.98 Å². The number of rotatable bonds is 6. The minimum atomic E-state index is 0.258. The maximum Gasteiger partial charge on any atom is 0.194 e. The van der Waals surface area contributed by atoms with Crippen molar-refractivity contribution in [1.29, 1.82) is 0 Å². The van der Waals surface area contributed by atoms with Crippen LogP contribution in [0.3, 0.4) is 0 Å². The summed E-state index contributed by atoms with van der Waals surface area (Å²) < 4.78 is 11.4. The van der Waals surface area contributed by atoms with E-state index in [2.05, 4.69) is 31.1 Å². The SMILES string of the molecule is CC(C)NCCCc1ncc(C2CCOC2C)o1. The second-order valence-electron chi connectivity index (χ2n) is 5.34. The summed E-state index contributed by atoms with van der Waals surface area (Å²) in [7, 11) is 0. The van der Waals surface area contributed by atoms with Crippen molar-refractivity contribution in [3.63, 3.8) is 0 Å². The van der Waals surface area contributed by atoms with Gasteiger partial charge in [0.1, 0.15) is 5.76 Å². The normalized spacial score (nSPS) is 24.0. The molecule has 2 rings (SSSR count). The molecule has 0 amide bonds. The van der Waals surface area contributed by atoms with Crippen molar-refractivity contribution in [3.05, 3.63) is 17.8 Å². The lowest BCUT2D eigenvalue weighted by Gasteiger charge is -2.09. The summed E-state index contributed by atoms with van der Waals surface area (Å²) >= 11 is 0. The molecule has 1 aromatic heterocycles. The van der Waals surface area contributed by atoms with Crippen molar-refractivity contribution in [2.75, 3.05) is 13.2 Å². The zero-order valence-electron chi connectivity index (χ0n) is 11.6. The summed E-state index contributed by atoms with van der Waals surface area (Å²) in [4.78, 5) is 4.36. The number of aryl methyl sites for hydroxylation is 1. The van der Waals surface area contributed by atoms with Gasteiger partial charge in [-0.15, -0.1) is 0 Å². The molecule has 18 heavy (non-hydrogen) atoms. The summed E-state index contributed by atoms with van der Waals surface area (Å²) in [6, 6.07) is 0.543. The van der Waals surface area contributed by atoms with Crippen LogP contribution in [0.5, 0.6) is 0 Å². The summed E-state index contributed by atoms with van der Waals surface area (Å²) in [5, 5.41) is 3.40. The minimum absolute atomic E-state index is 0.258. The molecule has 0 spiro atoms. The van der Waals surface area contributed by atoms with E-state index in [1.165, 1.54) is 0 Å². The number of ether oxygens (including phenoxy) is 1. The van der Waals surface area contributed by atoms with Gasteiger partial charge in [0.15, 0.2) is 5.89 Å². The van der Waals surface area contributed by atoms with E-state index in [-0.39, 0.29) is 6.10 Å². The second-order valence-corrected chi connectivity index (χ2v) is 5.34. The minimum Gasteiger partial charge on any atom is -0.445 e. The molecule has 0 aromatic carbocycles. The standard InChI is InChI=1S/C14H24N2O2/c1-10(2)15-7-4-5-14-16-9-13(18-14)12-6-8-17-11(12)3/h9-12,15H,4-8H2,1-3H3. The van der Waals surface area contributed by atoms with Crippen LogP contribution in [0.4, 0.5) is 0 Å². The van der Waals surface area contributed by atoms with Crippen molar-refractivity contribution in [1.82, 2.24) is 10.3 Å². The van der Waals surface area contributed by atoms with Crippen LogP contribution in [0.25, 0.3) is 0 Å². The average molecular weight is 252 g/mol. The van der Waals surface area contributed by atoms with Gasteiger partial charge >= 0.3 is 0 Å². The molecule has 1 aliphatic rings. The van der Waals surface area contributed by atoms with E-state index in [9.17, 15) is 0 Å². The average Bonchev–Trinajstić information content (AvgIpc) is 2.92. The van der Waals surface area contributed by atoms with Gasteiger partial charge in [-0.1, -0.05) is 13.8 Å². The molecule has 0 radical (unpaired) electrons. The third-order valence-corrected chi connectivity index (χ3v) is 3.43. The number of hydrogen-bond acceptors (Lipinski definition) is 4. The molecule has 0 aliphatic carbocycles. The zero-order chi connectivity index (χ0) is 13.0. The highest BCUT2D eigenvalue weighted by Crippen LogP contribution is 2.31. The zero-order valence-corrected chi connectivity index (χ0v) is 11.6. The topological polar surface area (TPSA) is 47.3 Å². The first kappa shape index (κ1) is 13.6. The van der Waals surface area contributed by atoms with Gasteiger partial charge < -0.3 is 14.5 Å². The highest BCUT2D eigenvalue weighted by Gasteiger charge is 2.28. The van der Waals surface area contributed by atoms with E-state index in [4.69, 9.17) is 9.15 Å². The first-order valence-electron chi connectivity index (χ1n) is 6.96. The van der Waals surface area contributed by atoms with Crippen molar-refractivity contribution in [2.45, 2.75) is 58.1 Å². The number of nitrogens with zero attached hydrogens (tertiary/aromatic N) is 1. The van der Waals surface area contributed by atoms with Crippen LogP contribution < -0.4 is 5.32 Å². The van der Waals surface area contributed by atoms with E-state index in [1.54, 1.807) is 0 Å². The molecular weight excluding hydrogens is 228 g/mol. The van der Waals surface area contributed by atoms with Crippen LogP contribution in [0.1, 0.15) is 51.2 Å². The first-order chi connectivity index (χ1) is 8.66. The molecular formula is C14H24N2O2. The fourth-order valence-electron chi connectivity index (χ4n) is 2.35. The Kier molecular flexibility index (Phi) is 4.78. The third kappa shape index (κ3) is 3.56. The summed E-state index contributed by atoms with van der Waals surface area (Å²) in [6.45, 7) is 8.26. The maximum atomic E-state index is 5.83. The maximum absolute atomic E-state index is 5.83. The van der Waals surface area contributed by atoms with Crippen LogP contribution in [-0.2, 0) is 11.2 Å². The molecule has 4 nitrogen and oxygen atoms in total.